The van der Waals surface area contributed by atoms with Crippen molar-refractivity contribution in [3.8, 4) is 28.8 Å². The number of ether oxygens (including phenoxy) is 3. The number of nitrogens with one attached hydrogen (secondary N) is 2. The normalized spacial score (nSPS) is 11.0. The highest BCUT2D eigenvalue weighted by molar-refractivity contribution is 7.97. The number of anilines is 2. The molecule has 3 N–H and O–H groups in total. The lowest BCUT2D eigenvalue weighted by molar-refractivity contribution is 0.0696. The number of aromatic nitrogens is 3. The van der Waals surface area contributed by atoms with Gasteiger partial charge in [0.1, 0.15) is 5.75 Å². The summed E-state index contributed by atoms with van der Waals surface area (Å²) in [7, 11) is 4.87. The molecule has 0 spiro atoms. The molecule has 2 aromatic heterocycles. The van der Waals surface area contributed by atoms with E-state index >= 15 is 0 Å². The van der Waals surface area contributed by atoms with Gasteiger partial charge in [0.25, 0.3) is 0 Å². The van der Waals surface area contributed by atoms with E-state index in [0.29, 0.717) is 22.9 Å². The van der Waals surface area contributed by atoms with E-state index in [1.165, 1.54) is 25.1 Å². The summed E-state index contributed by atoms with van der Waals surface area (Å²) in [6.45, 7) is 5.71. The van der Waals surface area contributed by atoms with Crippen molar-refractivity contribution in [2.24, 2.45) is 0 Å². The number of benzene rings is 2. The topological polar surface area (TPSA) is 128 Å². The van der Waals surface area contributed by atoms with Crippen LogP contribution in [0.4, 0.5) is 11.4 Å². The van der Waals surface area contributed by atoms with Gasteiger partial charge in [0.15, 0.2) is 0 Å². The lowest BCUT2D eigenvalue weighted by atomic mass is 10.0. The lowest BCUT2D eigenvalue weighted by Gasteiger charge is -2.18. The van der Waals surface area contributed by atoms with Crippen LogP contribution in [-0.2, 0) is 0 Å². The maximum atomic E-state index is 11.8. The highest BCUT2D eigenvalue weighted by Crippen LogP contribution is 2.39. The van der Waals surface area contributed by atoms with Crippen LogP contribution in [0, 0.1) is 6.92 Å². The largest absolute Gasteiger partial charge is 0.491 e. The third kappa shape index (κ3) is 5.74. The Morgan fingerprint density at radius 1 is 1.08 bits per heavy atom. The zero-order valence-electron chi connectivity index (χ0n) is 21.9. The molecule has 11 heteroatoms. The zero-order valence-corrected chi connectivity index (χ0v) is 22.8. The van der Waals surface area contributed by atoms with E-state index in [2.05, 4.69) is 20.0 Å². The average Bonchev–Trinajstić information content (AvgIpc) is 2.89. The Morgan fingerprint density at radius 3 is 2.53 bits per heavy atom. The van der Waals surface area contributed by atoms with Crippen molar-refractivity contribution >= 4 is 40.2 Å². The first-order chi connectivity index (χ1) is 18.2. The van der Waals surface area contributed by atoms with Crippen molar-refractivity contribution in [1.82, 2.24) is 19.7 Å². The fraction of sp³-hybridized carbons (Fsp3) is 0.259. The van der Waals surface area contributed by atoms with E-state index in [9.17, 15) is 9.90 Å². The van der Waals surface area contributed by atoms with Crippen LogP contribution in [-0.4, -0.2) is 53.4 Å². The Labute approximate surface area is 224 Å². The standard InChI is InChI=1S/C27H29N5O5S/c1-14(2)37-19-10-17(26(33)34)9-18(12-19)31-23-20-8-7-16(11-22(20)30-15(3)24(23)38-28-4)21-13-29-27(36-6)32-25(21)35-5/h7-14,28H,1-6H3,(H,30,31)(H,33,34). The van der Waals surface area contributed by atoms with Gasteiger partial charge in [0, 0.05) is 23.3 Å². The van der Waals surface area contributed by atoms with Crippen LogP contribution in [0.5, 0.6) is 17.6 Å². The molecule has 4 rings (SSSR count). The van der Waals surface area contributed by atoms with Gasteiger partial charge in [-0.05, 0) is 63.5 Å². The number of carboxylic acid groups (broad SMARTS) is 1. The minimum absolute atomic E-state index is 0.108. The van der Waals surface area contributed by atoms with Crippen LogP contribution in [0.2, 0.25) is 0 Å². The third-order valence-corrected chi connectivity index (χ3v) is 6.44. The van der Waals surface area contributed by atoms with Crippen LogP contribution < -0.4 is 24.2 Å². The van der Waals surface area contributed by atoms with Crippen molar-refractivity contribution in [3.63, 3.8) is 0 Å². The molecule has 198 valence electrons. The number of carbonyl (C=O) groups is 1. The zero-order chi connectivity index (χ0) is 27.4. The molecule has 2 heterocycles. The maximum Gasteiger partial charge on any atom is 0.335 e. The second-order valence-corrected chi connectivity index (χ2v) is 9.58. The van der Waals surface area contributed by atoms with Gasteiger partial charge in [-0.15, -0.1) is 0 Å². The van der Waals surface area contributed by atoms with Gasteiger partial charge >= 0.3 is 12.0 Å². The molecule has 0 atom stereocenters. The summed E-state index contributed by atoms with van der Waals surface area (Å²) >= 11 is 1.42. The van der Waals surface area contributed by atoms with Gasteiger partial charge in [-0.25, -0.2) is 9.78 Å². The van der Waals surface area contributed by atoms with Gasteiger partial charge in [0.2, 0.25) is 5.88 Å². The molecule has 0 saturated heterocycles. The Morgan fingerprint density at radius 2 is 1.87 bits per heavy atom. The maximum absolute atomic E-state index is 11.8. The van der Waals surface area contributed by atoms with Crippen molar-refractivity contribution in [1.29, 1.82) is 0 Å². The molecule has 0 aliphatic rings. The summed E-state index contributed by atoms with van der Waals surface area (Å²) in [6, 6.07) is 10.9. The summed E-state index contributed by atoms with van der Waals surface area (Å²) in [5.74, 6) is -0.186. The number of methoxy groups -OCH3 is 2. The monoisotopic (exact) mass is 535 g/mol. The number of carboxylic acids is 1. The van der Waals surface area contributed by atoms with Gasteiger partial charge in [-0.3, -0.25) is 9.71 Å². The van der Waals surface area contributed by atoms with Gasteiger partial charge in [-0.2, -0.15) is 4.98 Å². The predicted octanol–water partition coefficient (Wildman–Crippen LogP) is 5.47. The molecule has 2 aromatic carbocycles. The molecule has 38 heavy (non-hydrogen) atoms. The molecule has 0 unspecified atom stereocenters. The number of aryl methyl sites for hydroxylation is 1. The Bertz CT molecular complexity index is 1490. The first kappa shape index (κ1) is 27.0. The van der Waals surface area contributed by atoms with E-state index < -0.39 is 5.97 Å². The van der Waals surface area contributed by atoms with E-state index in [-0.39, 0.29) is 17.7 Å². The molecular weight excluding hydrogens is 506 g/mol. The Balaban J connectivity index is 1.86. The van der Waals surface area contributed by atoms with Crippen LogP contribution in [0.3, 0.4) is 0 Å². The van der Waals surface area contributed by atoms with Crippen LogP contribution in [0.25, 0.3) is 22.0 Å². The van der Waals surface area contributed by atoms with E-state index in [1.54, 1.807) is 25.4 Å². The van der Waals surface area contributed by atoms with Crippen LogP contribution >= 0.6 is 11.9 Å². The SMILES string of the molecule is CNSc1c(C)nc2cc(-c3cnc(OC)nc3OC)ccc2c1Nc1cc(OC(C)C)cc(C(=O)O)c1. The lowest BCUT2D eigenvalue weighted by Crippen LogP contribution is -2.08. The van der Waals surface area contributed by atoms with Crippen LogP contribution in [0.1, 0.15) is 29.9 Å². The molecular formula is C27H29N5O5S. The van der Waals surface area contributed by atoms with Crippen molar-refractivity contribution in [2.45, 2.75) is 31.8 Å². The number of nitrogens with zero attached hydrogens (tertiary/aromatic N) is 3. The highest BCUT2D eigenvalue weighted by atomic mass is 32.2. The summed E-state index contributed by atoms with van der Waals surface area (Å²) < 4.78 is 19.5. The van der Waals surface area contributed by atoms with E-state index in [4.69, 9.17) is 19.2 Å². The first-order valence-electron chi connectivity index (χ1n) is 11.8. The number of hydrogen-bond donors (Lipinski definition) is 3. The molecule has 4 aromatic rings. The van der Waals surface area contributed by atoms with Gasteiger partial charge < -0.3 is 24.6 Å². The number of hydrogen-bond acceptors (Lipinski definition) is 10. The average molecular weight is 536 g/mol. The number of aromatic carboxylic acids is 1. The highest BCUT2D eigenvalue weighted by Gasteiger charge is 2.18. The number of rotatable bonds is 10. The minimum Gasteiger partial charge on any atom is -0.491 e. The molecule has 0 aliphatic carbocycles. The minimum atomic E-state index is -1.04. The van der Waals surface area contributed by atoms with E-state index in [0.717, 1.165) is 32.7 Å². The molecule has 0 aliphatic heterocycles. The Kier molecular flexibility index (Phi) is 8.18. The number of fused-ring (bicyclic) bond motifs is 1. The van der Waals surface area contributed by atoms with E-state index in [1.807, 2.05) is 46.0 Å². The van der Waals surface area contributed by atoms with Crippen molar-refractivity contribution < 1.29 is 24.1 Å². The fourth-order valence-corrected chi connectivity index (χ4v) is 4.63. The first-order valence-corrected chi connectivity index (χ1v) is 12.6. The fourth-order valence-electron chi connectivity index (χ4n) is 3.97. The van der Waals surface area contributed by atoms with Crippen LogP contribution in [0.15, 0.2) is 47.5 Å². The second-order valence-electron chi connectivity index (χ2n) is 8.56. The second kappa shape index (κ2) is 11.5. The summed E-state index contributed by atoms with van der Waals surface area (Å²) in [4.78, 5) is 26.0. The quantitative estimate of drug-likeness (QED) is 0.224. The molecule has 10 nitrogen and oxygen atoms in total. The smallest absolute Gasteiger partial charge is 0.335 e. The molecule has 0 radical (unpaired) electrons. The number of pyridine rings is 1. The molecule has 0 fully saturated rings. The van der Waals surface area contributed by atoms with Gasteiger partial charge in [0.05, 0.1) is 53.2 Å². The van der Waals surface area contributed by atoms with Crippen molar-refractivity contribution in [2.75, 3.05) is 26.6 Å². The predicted molar refractivity (Wildman–Crippen MR) is 148 cm³/mol. The van der Waals surface area contributed by atoms with Gasteiger partial charge in [-0.1, -0.05) is 12.1 Å². The summed E-state index contributed by atoms with van der Waals surface area (Å²) in [6.07, 6.45) is 1.54. The molecule has 0 amide bonds. The van der Waals surface area contributed by atoms with Crippen molar-refractivity contribution in [3.05, 3.63) is 53.9 Å². The third-order valence-electron chi connectivity index (χ3n) is 5.53. The summed E-state index contributed by atoms with van der Waals surface area (Å²) in [5, 5.41) is 13.9. The molecule has 0 bridgehead atoms. The molecule has 0 saturated carbocycles. The summed E-state index contributed by atoms with van der Waals surface area (Å²) in [5.41, 5.74) is 4.54. The Hall–Kier alpha value is -4.09.